The number of fused-ring (bicyclic) bond motifs is 2. The summed E-state index contributed by atoms with van der Waals surface area (Å²) in [5.41, 5.74) is 8.52. The third-order valence-electron chi connectivity index (χ3n) is 4.66. The Labute approximate surface area is 170 Å². The summed E-state index contributed by atoms with van der Waals surface area (Å²) in [5, 5.41) is 2.73. The average Bonchev–Trinajstić information content (AvgIpc) is 2.69. The van der Waals surface area contributed by atoms with Gasteiger partial charge in [-0.05, 0) is 30.2 Å². The lowest BCUT2D eigenvalue weighted by Gasteiger charge is -2.26. The molecule has 0 aromatic heterocycles. The van der Waals surface area contributed by atoms with Crippen LogP contribution >= 0.6 is 0 Å². The SMILES string of the molecule is NC(=O)CCCC(=O)NCCC(=O)N1Cc2ccccc2C#Cc2ccccc21. The number of anilines is 1. The molecule has 2 aromatic rings. The lowest BCUT2D eigenvalue weighted by molar-refractivity contribution is -0.121. The zero-order valence-corrected chi connectivity index (χ0v) is 16.1. The molecule has 0 saturated carbocycles. The molecular formula is C23H23N3O3. The van der Waals surface area contributed by atoms with Crippen LogP contribution in [0.3, 0.4) is 0 Å². The van der Waals surface area contributed by atoms with E-state index in [0.717, 1.165) is 22.4 Å². The van der Waals surface area contributed by atoms with Gasteiger partial charge >= 0.3 is 0 Å². The van der Waals surface area contributed by atoms with Gasteiger partial charge in [-0.1, -0.05) is 42.2 Å². The van der Waals surface area contributed by atoms with E-state index < -0.39 is 5.91 Å². The molecule has 0 unspecified atom stereocenters. The molecule has 3 amide bonds. The van der Waals surface area contributed by atoms with Gasteiger partial charge < -0.3 is 16.0 Å². The van der Waals surface area contributed by atoms with Crippen LogP contribution in [-0.2, 0) is 20.9 Å². The summed E-state index contributed by atoms with van der Waals surface area (Å²) < 4.78 is 0. The van der Waals surface area contributed by atoms with Gasteiger partial charge in [-0.15, -0.1) is 0 Å². The molecular weight excluding hydrogens is 366 g/mol. The molecule has 3 rings (SSSR count). The molecule has 0 atom stereocenters. The lowest BCUT2D eigenvalue weighted by atomic mass is 10.0. The molecule has 2 aromatic carbocycles. The van der Waals surface area contributed by atoms with Crippen LogP contribution in [0.4, 0.5) is 5.69 Å². The molecule has 1 aliphatic rings. The van der Waals surface area contributed by atoms with Crippen molar-refractivity contribution in [3.05, 3.63) is 65.2 Å². The van der Waals surface area contributed by atoms with Crippen molar-refractivity contribution in [3.8, 4) is 11.8 Å². The summed E-state index contributed by atoms with van der Waals surface area (Å²) in [6.45, 7) is 0.660. The first-order valence-electron chi connectivity index (χ1n) is 9.59. The molecule has 3 N–H and O–H groups in total. The number of para-hydroxylation sites is 1. The van der Waals surface area contributed by atoms with Gasteiger partial charge in [-0.25, -0.2) is 0 Å². The van der Waals surface area contributed by atoms with Crippen LogP contribution in [0.5, 0.6) is 0 Å². The molecule has 0 fully saturated rings. The van der Waals surface area contributed by atoms with Crippen LogP contribution in [0.1, 0.15) is 42.4 Å². The van der Waals surface area contributed by atoms with Crippen molar-refractivity contribution in [2.24, 2.45) is 5.73 Å². The summed E-state index contributed by atoms with van der Waals surface area (Å²) in [4.78, 5) is 37.3. The van der Waals surface area contributed by atoms with E-state index >= 15 is 0 Å². The number of hydrogen-bond acceptors (Lipinski definition) is 3. The Bertz CT molecular complexity index is 988. The van der Waals surface area contributed by atoms with Crippen LogP contribution in [0.25, 0.3) is 0 Å². The van der Waals surface area contributed by atoms with Gasteiger partial charge in [0.15, 0.2) is 0 Å². The molecule has 0 aliphatic carbocycles. The van der Waals surface area contributed by atoms with E-state index in [2.05, 4.69) is 17.2 Å². The van der Waals surface area contributed by atoms with Gasteiger partial charge in [0.2, 0.25) is 17.7 Å². The molecule has 6 nitrogen and oxygen atoms in total. The van der Waals surface area contributed by atoms with E-state index in [0.29, 0.717) is 13.0 Å². The van der Waals surface area contributed by atoms with Gasteiger partial charge in [-0.3, -0.25) is 14.4 Å². The maximum Gasteiger partial charge on any atom is 0.229 e. The summed E-state index contributed by atoms with van der Waals surface area (Å²) in [6, 6.07) is 15.4. The van der Waals surface area contributed by atoms with E-state index in [9.17, 15) is 14.4 Å². The summed E-state index contributed by atoms with van der Waals surface area (Å²) in [7, 11) is 0. The molecule has 1 aliphatic heterocycles. The highest BCUT2D eigenvalue weighted by atomic mass is 16.2. The largest absolute Gasteiger partial charge is 0.370 e. The van der Waals surface area contributed by atoms with Gasteiger partial charge in [0, 0.05) is 36.9 Å². The van der Waals surface area contributed by atoms with Crippen molar-refractivity contribution in [2.75, 3.05) is 11.4 Å². The first-order valence-corrected chi connectivity index (χ1v) is 9.59. The van der Waals surface area contributed by atoms with Crippen LogP contribution in [0.2, 0.25) is 0 Å². The Morgan fingerprint density at radius 3 is 2.41 bits per heavy atom. The van der Waals surface area contributed by atoms with Crippen LogP contribution in [0, 0.1) is 11.8 Å². The second-order valence-electron chi connectivity index (χ2n) is 6.82. The number of primary amides is 1. The summed E-state index contributed by atoms with van der Waals surface area (Å²) >= 11 is 0. The van der Waals surface area contributed by atoms with E-state index in [1.807, 2.05) is 48.5 Å². The standard InChI is InChI=1S/C23H23N3O3/c24-21(27)10-5-11-22(28)25-15-14-23(29)26-16-19-8-2-1-6-17(19)12-13-18-7-3-4-9-20(18)26/h1-4,6-9H,5,10-11,14-16H2,(H2,24,27)(H,25,28). The first kappa shape index (κ1) is 20.2. The fourth-order valence-corrected chi connectivity index (χ4v) is 3.16. The quantitative estimate of drug-likeness (QED) is 0.710. The van der Waals surface area contributed by atoms with Gasteiger partial charge in [0.25, 0.3) is 0 Å². The van der Waals surface area contributed by atoms with Crippen molar-refractivity contribution in [1.82, 2.24) is 5.32 Å². The fraction of sp³-hybridized carbons (Fsp3) is 0.261. The van der Waals surface area contributed by atoms with Crippen LogP contribution < -0.4 is 16.0 Å². The van der Waals surface area contributed by atoms with Crippen molar-refractivity contribution in [3.63, 3.8) is 0 Å². The number of benzene rings is 2. The van der Waals surface area contributed by atoms with E-state index in [1.165, 1.54) is 0 Å². The predicted molar refractivity (Wildman–Crippen MR) is 111 cm³/mol. The molecule has 1 heterocycles. The highest BCUT2D eigenvalue weighted by Gasteiger charge is 2.20. The highest BCUT2D eigenvalue weighted by molar-refractivity contribution is 5.95. The fourth-order valence-electron chi connectivity index (χ4n) is 3.16. The Morgan fingerprint density at radius 1 is 0.931 bits per heavy atom. The minimum atomic E-state index is -0.424. The summed E-state index contributed by atoms with van der Waals surface area (Å²) in [6.07, 6.45) is 0.972. The third-order valence-corrected chi connectivity index (χ3v) is 4.66. The Morgan fingerprint density at radius 2 is 1.62 bits per heavy atom. The van der Waals surface area contributed by atoms with Crippen molar-refractivity contribution in [1.29, 1.82) is 0 Å². The third kappa shape index (κ3) is 5.45. The van der Waals surface area contributed by atoms with Gasteiger partial charge in [-0.2, -0.15) is 0 Å². The minimum Gasteiger partial charge on any atom is -0.370 e. The molecule has 0 saturated heterocycles. The average molecular weight is 389 g/mol. The van der Waals surface area contributed by atoms with E-state index in [-0.39, 0.29) is 37.6 Å². The zero-order valence-electron chi connectivity index (χ0n) is 16.1. The number of nitrogens with two attached hydrogens (primary N) is 1. The maximum atomic E-state index is 13.0. The molecule has 0 radical (unpaired) electrons. The van der Waals surface area contributed by atoms with Crippen molar-refractivity contribution in [2.45, 2.75) is 32.2 Å². The number of nitrogens with zero attached hydrogens (tertiary/aromatic N) is 1. The molecule has 29 heavy (non-hydrogen) atoms. The minimum absolute atomic E-state index is 0.0895. The second kappa shape index (κ2) is 9.56. The van der Waals surface area contributed by atoms with Crippen molar-refractivity contribution >= 4 is 23.4 Å². The monoisotopic (exact) mass is 389 g/mol. The second-order valence-corrected chi connectivity index (χ2v) is 6.82. The number of hydrogen-bond donors (Lipinski definition) is 2. The lowest BCUT2D eigenvalue weighted by Crippen LogP contribution is -2.35. The van der Waals surface area contributed by atoms with E-state index in [1.54, 1.807) is 4.90 Å². The molecule has 148 valence electrons. The highest BCUT2D eigenvalue weighted by Crippen LogP contribution is 2.25. The van der Waals surface area contributed by atoms with Gasteiger partial charge in [0.05, 0.1) is 12.2 Å². The first-order chi connectivity index (χ1) is 14.0. The Kier molecular flexibility index (Phi) is 6.64. The molecule has 0 spiro atoms. The smallest absolute Gasteiger partial charge is 0.229 e. The summed E-state index contributed by atoms with van der Waals surface area (Å²) in [5.74, 6) is 5.65. The van der Waals surface area contributed by atoms with Crippen LogP contribution in [-0.4, -0.2) is 24.3 Å². The Hall–Kier alpha value is -3.59. The van der Waals surface area contributed by atoms with Gasteiger partial charge in [0.1, 0.15) is 0 Å². The number of carbonyl (C=O) groups excluding carboxylic acids is 3. The normalized spacial score (nSPS) is 11.8. The number of nitrogens with one attached hydrogen (secondary N) is 1. The topological polar surface area (TPSA) is 92.5 Å². The number of rotatable bonds is 7. The maximum absolute atomic E-state index is 13.0. The van der Waals surface area contributed by atoms with Crippen LogP contribution in [0.15, 0.2) is 48.5 Å². The molecule has 0 bridgehead atoms. The zero-order chi connectivity index (χ0) is 20.6. The number of amides is 3. The number of carbonyl (C=O) groups is 3. The van der Waals surface area contributed by atoms with E-state index in [4.69, 9.17) is 5.73 Å². The van der Waals surface area contributed by atoms with Crippen molar-refractivity contribution < 1.29 is 14.4 Å². The molecule has 6 heteroatoms. The Balaban J connectivity index is 1.68. The predicted octanol–water partition coefficient (Wildman–Crippen LogP) is 2.09.